The van der Waals surface area contributed by atoms with Gasteiger partial charge < -0.3 is 0 Å². The number of hydrogen-bond acceptors (Lipinski definition) is 5. The highest BCUT2D eigenvalue weighted by Gasteiger charge is 2.21. The third-order valence-electron chi connectivity index (χ3n) is 9.56. The number of para-hydroxylation sites is 1. The van der Waals surface area contributed by atoms with Gasteiger partial charge in [0.1, 0.15) is 0 Å². The fraction of sp³-hybridized carbons (Fsp3) is 0. The maximum absolute atomic E-state index is 5.41. The Kier molecular flexibility index (Phi) is 6.42. The van der Waals surface area contributed by atoms with Crippen molar-refractivity contribution in [1.29, 1.82) is 0 Å². The van der Waals surface area contributed by atoms with E-state index in [1.807, 2.05) is 60.9 Å². The van der Waals surface area contributed by atoms with Gasteiger partial charge in [-0.2, -0.15) is 0 Å². The molecule has 0 radical (unpaired) electrons. The SMILES string of the molecule is c1ccc(-c2cc(-c3ccccc3)nc(-c3ccc(-c4nc5ccccc5c5c6cccnc6c6ncccc6c45)c4ccccc34)n2)cc1. The van der Waals surface area contributed by atoms with Crippen LogP contribution in [0, 0.1) is 0 Å². The van der Waals surface area contributed by atoms with Crippen LogP contribution >= 0.6 is 0 Å². The van der Waals surface area contributed by atoms with E-state index in [1.165, 1.54) is 0 Å². The number of aromatic nitrogens is 5. The van der Waals surface area contributed by atoms with Crippen LogP contribution < -0.4 is 0 Å². The Balaban J connectivity index is 1.29. The predicted molar refractivity (Wildman–Crippen MR) is 205 cm³/mol. The van der Waals surface area contributed by atoms with E-state index in [4.69, 9.17) is 24.9 Å². The minimum Gasteiger partial charge on any atom is -0.254 e. The summed E-state index contributed by atoms with van der Waals surface area (Å²) in [6, 6.07) is 52.2. The Hall–Kier alpha value is -6.85. The summed E-state index contributed by atoms with van der Waals surface area (Å²) in [5.74, 6) is 0.677. The van der Waals surface area contributed by atoms with Gasteiger partial charge >= 0.3 is 0 Å². The molecule has 10 rings (SSSR count). The van der Waals surface area contributed by atoms with Gasteiger partial charge in [0.15, 0.2) is 5.82 Å². The molecular weight excluding hydrogens is 611 g/mol. The molecule has 232 valence electrons. The largest absolute Gasteiger partial charge is 0.254 e. The first-order valence-corrected chi connectivity index (χ1v) is 16.7. The normalized spacial score (nSPS) is 11.6. The minimum atomic E-state index is 0.677. The van der Waals surface area contributed by atoms with Gasteiger partial charge in [-0.3, -0.25) is 9.97 Å². The third-order valence-corrected chi connectivity index (χ3v) is 9.56. The summed E-state index contributed by atoms with van der Waals surface area (Å²) >= 11 is 0. The van der Waals surface area contributed by atoms with Crippen molar-refractivity contribution in [2.24, 2.45) is 0 Å². The second-order valence-corrected chi connectivity index (χ2v) is 12.4. The number of pyridine rings is 3. The van der Waals surface area contributed by atoms with Gasteiger partial charge in [0.2, 0.25) is 0 Å². The lowest BCUT2D eigenvalue weighted by atomic mass is 9.90. The van der Waals surface area contributed by atoms with Crippen molar-refractivity contribution in [2.75, 3.05) is 0 Å². The van der Waals surface area contributed by atoms with E-state index in [1.54, 1.807) is 0 Å². The molecule has 4 heterocycles. The van der Waals surface area contributed by atoms with Crippen molar-refractivity contribution in [2.45, 2.75) is 0 Å². The van der Waals surface area contributed by atoms with Crippen LogP contribution in [0.3, 0.4) is 0 Å². The molecule has 10 aromatic rings. The molecule has 4 aromatic heterocycles. The molecule has 0 N–H and O–H groups in total. The average Bonchev–Trinajstić information content (AvgIpc) is 3.20. The van der Waals surface area contributed by atoms with Gasteiger partial charge in [-0.1, -0.05) is 121 Å². The van der Waals surface area contributed by atoms with Crippen LogP contribution in [0.4, 0.5) is 0 Å². The Bertz CT molecular complexity index is 2860. The van der Waals surface area contributed by atoms with E-state index in [0.717, 1.165) is 93.6 Å². The Morgan fingerprint density at radius 1 is 0.360 bits per heavy atom. The molecule has 5 nitrogen and oxygen atoms in total. The lowest BCUT2D eigenvalue weighted by Crippen LogP contribution is -1.98. The number of nitrogens with zero attached hydrogens (tertiary/aromatic N) is 5. The molecule has 6 aromatic carbocycles. The van der Waals surface area contributed by atoms with E-state index in [9.17, 15) is 0 Å². The molecule has 0 aliphatic heterocycles. The zero-order valence-corrected chi connectivity index (χ0v) is 26.8. The molecule has 5 heteroatoms. The van der Waals surface area contributed by atoms with Crippen LogP contribution in [0.2, 0.25) is 0 Å². The molecule has 0 spiro atoms. The van der Waals surface area contributed by atoms with Gasteiger partial charge in [0.25, 0.3) is 0 Å². The van der Waals surface area contributed by atoms with Crippen LogP contribution in [0.25, 0.3) is 99.4 Å². The first kappa shape index (κ1) is 28.2. The topological polar surface area (TPSA) is 64.5 Å². The fourth-order valence-electron chi connectivity index (χ4n) is 7.32. The summed E-state index contributed by atoms with van der Waals surface area (Å²) < 4.78 is 0. The van der Waals surface area contributed by atoms with E-state index < -0.39 is 0 Å². The molecular formula is C45H27N5. The quantitative estimate of drug-likeness (QED) is 0.180. The summed E-state index contributed by atoms with van der Waals surface area (Å²) in [5, 5.41) is 7.52. The molecule has 0 atom stereocenters. The number of benzene rings is 6. The molecule has 0 amide bonds. The Morgan fingerprint density at radius 2 is 0.860 bits per heavy atom. The zero-order chi connectivity index (χ0) is 33.0. The highest BCUT2D eigenvalue weighted by atomic mass is 14.9. The van der Waals surface area contributed by atoms with Crippen molar-refractivity contribution in [3.05, 3.63) is 164 Å². The van der Waals surface area contributed by atoms with Crippen LogP contribution in [-0.2, 0) is 0 Å². The monoisotopic (exact) mass is 637 g/mol. The van der Waals surface area contributed by atoms with Gasteiger partial charge in [-0.05, 0) is 41.1 Å². The zero-order valence-electron chi connectivity index (χ0n) is 26.8. The lowest BCUT2D eigenvalue weighted by molar-refractivity contribution is 1.19. The Morgan fingerprint density at radius 3 is 1.50 bits per heavy atom. The third kappa shape index (κ3) is 4.45. The maximum atomic E-state index is 5.41. The molecule has 0 fully saturated rings. The van der Waals surface area contributed by atoms with Crippen molar-refractivity contribution >= 4 is 54.3 Å². The van der Waals surface area contributed by atoms with Gasteiger partial charge in [-0.25, -0.2) is 15.0 Å². The predicted octanol–water partition coefficient (Wildman–Crippen LogP) is 11.1. The molecule has 0 aliphatic carbocycles. The van der Waals surface area contributed by atoms with Gasteiger partial charge in [-0.15, -0.1) is 0 Å². The standard InChI is InChI=1S/C45H27N5/c1-3-13-28(14-4-1)38-27-39(29-15-5-2-6-16-29)50-45(49-38)33-24-23-32(30-17-7-8-18-31(30)33)42-41-36-21-12-26-47-44(36)43-35(20-11-25-46-43)40(41)34-19-9-10-22-37(34)48-42/h1-27H. The summed E-state index contributed by atoms with van der Waals surface area (Å²) in [7, 11) is 0. The second-order valence-electron chi connectivity index (χ2n) is 12.4. The number of fused-ring (bicyclic) bond motifs is 9. The first-order valence-electron chi connectivity index (χ1n) is 16.7. The van der Waals surface area contributed by atoms with E-state index in [2.05, 4.69) is 103 Å². The van der Waals surface area contributed by atoms with Crippen LogP contribution in [0.5, 0.6) is 0 Å². The second kappa shape index (κ2) is 11.4. The van der Waals surface area contributed by atoms with Crippen molar-refractivity contribution in [3.8, 4) is 45.2 Å². The van der Waals surface area contributed by atoms with Gasteiger partial charge in [0.05, 0.1) is 33.6 Å². The lowest BCUT2D eigenvalue weighted by Gasteiger charge is -2.17. The van der Waals surface area contributed by atoms with Crippen LogP contribution in [-0.4, -0.2) is 24.9 Å². The summed E-state index contributed by atoms with van der Waals surface area (Å²) in [6.07, 6.45) is 3.69. The molecule has 0 unspecified atom stereocenters. The summed E-state index contributed by atoms with van der Waals surface area (Å²) in [5.41, 5.74) is 9.45. The summed E-state index contributed by atoms with van der Waals surface area (Å²) in [4.78, 5) is 25.4. The van der Waals surface area contributed by atoms with Crippen molar-refractivity contribution < 1.29 is 0 Å². The molecule has 50 heavy (non-hydrogen) atoms. The number of rotatable bonds is 4. The molecule has 0 saturated carbocycles. The fourth-order valence-corrected chi connectivity index (χ4v) is 7.32. The average molecular weight is 638 g/mol. The Labute approximate surface area is 287 Å². The molecule has 0 bridgehead atoms. The maximum Gasteiger partial charge on any atom is 0.161 e. The highest BCUT2D eigenvalue weighted by molar-refractivity contribution is 6.32. The van der Waals surface area contributed by atoms with Crippen LogP contribution in [0.1, 0.15) is 0 Å². The van der Waals surface area contributed by atoms with Gasteiger partial charge in [0, 0.05) is 61.6 Å². The van der Waals surface area contributed by atoms with Crippen molar-refractivity contribution in [1.82, 2.24) is 24.9 Å². The van der Waals surface area contributed by atoms with E-state index >= 15 is 0 Å². The molecule has 0 saturated heterocycles. The molecule has 0 aliphatic rings. The smallest absolute Gasteiger partial charge is 0.161 e. The number of hydrogen-bond donors (Lipinski definition) is 0. The first-order chi connectivity index (χ1) is 24.8. The van der Waals surface area contributed by atoms with E-state index in [0.29, 0.717) is 5.82 Å². The van der Waals surface area contributed by atoms with E-state index in [-0.39, 0.29) is 0 Å². The van der Waals surface area contributed by atoms with Crippen LogP contribution in [0.15, 0.2) is 164 Å². The highest BCUT2D eigenvalue weighted by Crippen LogP contribution is 2.44. The summed E-state index contributed by atoms with van der Waals surface area (Å²) in [6.45, 7) is 0. The van der Waals surface area contributed by atoms with Crippen molar-refractivity contribution in [3.63, 3.8) is 0 Å². The minimum absolute atomic E-state index is 0.677.